The van der Waals surface area contributed by atoms with Gasteiger partial charge in [0.25, 0.3) is 5.56 Å². The molecule has 1 N–H and O–H groups in total. The molecule has 1 aliphatic rings. The van der Waals surface area contributed by atoms with Gasteiger partial charge in [0.15, 0.2) is 0 Å². The molecule has 6 nitrogen and oxygen atoms in total. The summed E-state index contributed by atoms with van der Waals surface area (Å²) in [5, 5.41) is 0. The summed E-state index contributed by atoms with van der Waals surface area (Å²) in [5.74, 6) is 0.935. The van der Waals surface area contributed by atoms with Crippen LogP contribution in [0.15, 0.2) is 21.5 Å². The van der Waals surface area contributed by atoms with Crippen molar-refractivity contribution < 1.29 is 13.2 Å². The van der Waals surface area contributed by atoms with Gasteiger partial charge in [-0.2, -0.15) is 0 Å². The Hall–Kier alpha value is -0.570. The maximum Gasteiger partial charge on any atom is 0.254 e. The minimum Gasteiger partial charge on any atom is -0.489 e. The number of hydrogen-bond donors (Lipinski definition) is 1. The highest BCUT2D eigenvalue weighted by molar-refractivity contribution is 9.10. The van der Waals surface area contributed by atoms with Crippen molar-refractivity contribution in [2.24, 2.45) is 7.05 Å². The number of sulfonamides is 1. The third kappa shape index (κ3) is 5.75. The lowest BCUT2D eigenvalue weighted by Gasteiger charge is -2.29. The number of alkyl halides is 1. The molecule has 0 bridgehead atoms. The molecule has 0 amide bonds. The SMILES string of the molecule is Cn1cc(Br)c(OC2CCC(NS(=O)(=O)CCCCl)CC2)cc1=O. The second kappa shape index (κ2) is 8.69. The highest BCUT2D eigenvalue weighted by Gasteiger charge is 2.26. The van der Waals surface area contributed by atoms with Gasteiger partial charge in [-0.05, 0) is 48.0 Å². The van der Waals surface area contributed by atoms with Crippen molar-refractivity contribution in [2.45, 2.75) is 44.2 Å². The molecule has 2 rings (SSSR count). The number of hydrogen-bond acceptors (Lipinski definition) is 4. The molecule has 0 spiro atoms. The molecule has 9 heteroatoms. The second-order valence-electron chi connectivity index (χ2n) is 6.01. The van der Waals surface area contributed by atoms with Crippen LogP contribution in [-0.4, -0.2) is 36.8 Å². The molecule has 1 aliphatic carbocycles. The fraction of sp³-hybridized carbons (Fsp3) is 0.667. The summed E-state index contributed by atoms with van der Waals surface area (Å²) in [5.41, 5.74) is -0.131. The Morgan fingerprint density at radius 2 is 2.04 bits per heavy atom. The van der Waals surface area contributed by atoms with Crippen molar-refractivity contribution in [1.82, 2.24) is 9.29 Å². The molecule has 0 aromatic carbocycles. The molecule has 1 heterocycles. The van der Waals surface area contributed by atoms with Gasteiger partial charge in [0.1, 0.15) is 5.75 Å². The van der Waals surface area contributed by atoms with E-state index < -0.39 is 10.0 Å². The minimum atomic E-state index is -3.26. The van der Waals surface area contributed by atoms with Crippen molar-refractivity contribution >= 4 is 37.6 Å². The quantitative estimate of drug-likeness (QED) is 0.659. The van der Waals surface area contributed by atoms with Gasteiger partial charge in [0.05, 0.1) is 16.3 Å². The first kappa shape index (κ1) is 19.8. The molecule has 0 atom stereocenters. The molecule has 1 aromatic rings. The first-order valence-electron chi connectivity index (χ1n) is 7.89. The maximum atomic E-state index is 11.9. The zero-order valence-electron chi connectivity index (χ0n) is 13.5. The number of aryl methyl sites for hydroxylation is 1. The van der Waals surface area contributed by atoms with Crippen LogP contribution in [0.4, 0.5) is 0 Å². The molecule has 0 unspecified atom stereocenters. The van der Waals surface area contributed by atoms with E-state index in [0.717, 1.165) is 17.3 Å². The van der Waals surface area contributed by atoms with Crippen molar-refractivity contribution in [3.8, 4) is 5.75 Å². The van der Waals surface area contributed by atoms with Crippen LogP contribution < -0.4 is 15.0 Å². The Balaban J connectivity index is 1.87. The van der Waals surface area contributed by atoms with Gasteiger partial charge in [-0.1, -0.05) is 0 Å². The molecular formula is C15H22BrClN2O4S. The van der Waals surface area contributed by atoms with E-state index in [4.69, 9.17) is 16.3 Å². The van der Waals surface area contributed by atoms with Crippen LogP contribution in [0.25, 0.3) is 0 Å². The zero-order valence-corrected chi connectivity index (χ0v) is 16.7. The summed E-state index contributed by atoms with van der Waals surface area (Å²) in [4.78, 5) is 11.7. The number of nitrogens with one attached hydrogen (secondary N) is 1. The molecule has 1 aromatic heterocycles. The molecule has 136 valence electrons. The number of nitrogens with zero attached hydrogens (tertiary/aromatic N) is 1. The summed E-state index contributed by atoms with van der Waals surface area (Å²) in [6.45, 7) is 0. The fourth-order valence-electron chi connectivity index (χ4n) is 2.71. The fourth-order valence-corrected chi connectivity index (χ4v) is 4.90. The molecular weight excluding hydrogens is 420 g/mol. The lowest BCUT2D eigenvalue weighted by molar-refractivity contribution is 0.143. The van der Waals surface area contributed by atoms with E-state index in [0.29, 0.717) is 30.9 Å². The predicted molar refractivity (Wildman–Crippen MR) is 98.3 cm³/mol. The molecule has 1 saturated carbocycles. The number of rotatable bonds is 7. The molecule has 0 aliphatic heterocycles. The first-order valence-corrected chi connectivity index (χ1v) is 10.9. The Kier molecular flexibility index (Phi) is 7.15. The van der Waals surface area contributed by atoms with E-state index >= 15 is 0 Å². The smallest absolute Gasteiger partial charge is 0.254 e. The van der Waals surface area contributed by atoms with E-state index in [9.17, 15) is 13.2 Å². The molecule has 24 heavy (non-hydrogen) atoms. The predicted octanol–water partition coefficient (Wildman–Crippen LogP) is 2.39. The minimum absolute atomic E-state index is 0.0167. The lowest BCUT2D eigenvalue weighted by Crippen LogP contribution is -2.40. The van der Waals surface area contributed by atoms with Crippen LogP contribution in [0.5, 0.6) is 5.75 Å². The highest BCUT2D eigenvalue weighted by Crippen LogP contribution is 2.28. The van der Waals surface area contributed by atoms with Gasteiger partial charge >= 0.3 is 0 Å². The first-order chi connectivity index (χ1) is 11.3. The van der Waals surface area contributed by atoms with Gasteiger partial charge in [-0.3, -0.25) is 4.79 Å². The van der Waals surface area contributed by atoms with Gasteiger partial charge < -0.3 is 9.30 Å². The summed E-state index contributed by atoms with van der Waals surface area (Å²) >= 11 is 8.94. The van der Waals surface area contributed by atoms with E-state index in [1.54, 1.807) is 13.2 Å². The monoisotopic (exact) mass is 440 g/mol. The van der Waals surface area contributed by atoms with Crippen LogP contribution in [0.2, 0.25) is 0 Å². The summed E-state index contributed by atoms with van der Waals surface area (Å²) in [7, 11) is -1.58. The largest absolute Gasteiger partial charge is 0.489 e. The Labute approximate surface area is 155 Å². The van der Waals surface area contributed by atoms with Crippen LogP contribution in [0, 0.1) is 0 Å². The lowest BCUT2D eigenvalue weighted by atomic mass is 9.94. The van der Waals surface area contributed by atoms with Gasteiger partial charge in [0, 0.05) is 31.2 Å². The molecule has 0 radical (unpaired) electrons. The van der Waals surface area contributed by atoms with Crippen LogP contribution in [0.3, 0.4) is 0 Å². The number of pyridine rings is 1. The van der Waals surface area contributed by atoms with Crippen LogP contribution >= 0.6 is 27.5 Å². The third-order valence-corrected chi connectivity index (χ3v) is 6.39. The average molecular weight is 442 g/mol. The van der Waals surface area contributed by atoms with Crippen molar-refractivity contribution in [3.05, 3.63) is 27.1 Å². The molecule has 1 fully saturated rings. The van der Waals surface area contributed by atoms with E-state index in [1.165, 1.54) is 10.6 Å². The normalized spacial score (nSPS) is 21.6. The topological polar surface area (TPSA) is 77.4 Å². The van der Waals surface area contributed by atoms with Gasteiger partial charge in [-0.25, -0.2) is 13.1 Å². The van der Waals surface area contributed by atoms with Crippen LogP contribution in [0.1, 0.15) is 32.1 Å². The molecule has 0 saturated heterocycles. The highest BCUT2D eigenvalue weighted by atomic mass is 79.9. The standard InChI is InChI=1S/C15H22BrClN2O4S/c1-19-10-13(16)14(9-15(19)20)23-12-5-3-11(4-6-12)18-24(21,22)8-2-7-17/h9-12,18H,2-8H2,1H3. The summed E-state index contributed by atoms with van der Waals surface area (Å²) in [6, 6.07) is 1.41. The van der Waals surface area contributed by atoms with Crippen LogP contribution in [-0.2, 0) is 17.1 Å². The number of ether oxygens (including phenoxy) is 1. The van der Waals surface area contributed by atoms with Gasteiger partial charge in [0.2, 0.25) is 10.0 Å². The number of halogens is 2. The summed E-state index contributed by atoms with van der Waals surface area (Å²) in [6.07, 6.45) is 5.02. The Bertz CT molecular complexity index is 715. The maximum absolute atomic E-state index is 11.9. The van der Waals surface area contributed by atoms with Gasteiger partial charge in [-0.15, -0.1) is 11.6 Å². The van der Waals surface area contributed by atoms with Crippen molar-refractivity contribution in [3.63, 3.8) is 0 Å². The Morgan fingerprint density at radius 3 is 2.67 bits per heavy atom. The third-order valence-electron chi connectivity index (χ3n) is 4.01. The van der Waals surface area contributed by atoms with Crippen molar-refractivity contribution in [1.29, 1.82) is 0 Å². The van der Waals surface area contributed by atoms with Crippen molar-refractivity contribution in [2.75, 3.05) is 11.6 Å². The zero-order chi connectivity index (χ0) is 17.7. The van der Waals surface area contributed by atoms with E-state index in [-0.39, 0.29) is 23.5 Å². The van der Waals surface area contributed by atoms with E-state index in [2.05, 4.69) is 20.7 Å². The Morgan fingerprint density at radius 1 is 1.38 bits per heavy atom. The average Bonchev–Trinajstić information content (AvgIpc) is 2.52. The van der Waals surface area contributed by atoms with E-state index in [1.807, 2.05) is 0 Å². The summed E-state index contributed by atoms with van der Waals surface area (Å²) < 4.78 is 34.7. The second-order valence-corrected chi connectivity index (χ2v) is 9.11. The number of aromatic nitrogens is 1.